The van der Waals surface area contributed by atoms with E-state index >= 15 is 0 Å². The lowest BCUT2D eigenvalue weighted by molar-refractivity contribution is 0.368. The number of hydrogen-bond donors (Lipinski definition) is 1. The molecule has 0 spiro atoms. The van der Waals surface area contributed by atoms with E-state index in [9.17, 15) is 4.39 Å². The number of rotatable bonds is 6. The lowest BCUT2D eigenvalue weighted by Crippen LogP contribution is -2.17. The third-order valence-electron chi connectivity index (χ3n) is 2.81. The minimum Gasteiger partial charge on any atom is -0.384 e. The second-order valence-electron chi connectivity index (χ2n) is 4.25. The highest BCUT2D eigenvalue weighted by Crippen LogP contribution is 2.17. The predicted octanol–water partition coefficient (Wildman–Crippen LogP) is 2.69. The molecule has 0 saturated heterocycles. The highest BCUT2D eigenvalue weighted by Gasteiger charge is 2.09. The van der Waals surface area contributed by atoms with Crippen molar-refractivity contribution in [3.8, 4) is 0 Å². The topological polar surface area (TPSA) is 54.0 Å². The van der Waals surface area contributed by atoms with E-state index in [-0.39, 0.29) is 5.82 Å². The van der Waals surface area contributed by atoms with Crippen LogP contribution in [0.5, 0.6) is 0 Å². The first-order valence-electron chi connectivity index (χ1n) is 6.06. The average molecular weight is 274 g/mol. The van der Waals surface area contributed by atoms with E-state index in [0.717, 1.165) is 11.1 Å². The zero-order chi connectivity index (χ0) is 15.1. The van der Waals surface area contributed by atoms with Gasteiger partial charge in [-0.25, -0.2) is 4.39 Å². The van der Waals surface area contributed by atoms with Crippen molar-refractivity contribution in [3.05, 3.63) is 59.6 Å². The molecule has 0 aliphatic rings. The number of amidine groups is 1. The van der Waals surface area contributed by atoms with Gasteiger partial charge in [0.2, 0.25) is 0 Å². The lowest BCUT2D eigenvalue weighted by Gasteiger charge is -2.21. The van der Waals surface area contributed by atoms with E-state index in [4.69, 9.17) is 5.73 Å². The Morgan fingerprint density at radius 3 is 2.50 bits per heavy atom. The Balaban J connectivity index is 2.85. The molecule has 0 bridgehead atoms. The molecule has 0 radical (unpaired) electrons. The molecule has 1 aromatic rings. The highest BCUT2D eigenvalue weighted by atomic mass is 19.1. The number of benzene rings is 1. The number of nitrogens with two attached hydrogens (primary N) is 1. The normalized spacial score (nSPS) is 12.2. The fourth-order valence-electron chi connectivity index (χ4n) is 1.57. The smallest absolute Gasteiger partial charge is 0.123 e. The Hall–Kier alpha value is -2.43. The van der Waals surface area contributed by atoms with Gasteiger partial charge in [0.05, 0.1) is 12.2 Å². The van der Waals surface area contributed by atoms with E-state index in [2.05, 4.69) is 23.4 Å². The maximum absolute atomic E-state index is 12.9. The van der Waals surface area contributed by atoms with Crippen molar-refractivity contribution in [2.24, 2.45) is 15.8 Å². The summed E-state index contributed by atoms with van der Waals surface area (Å²) in [5.74, 6) is 0.142. The average Bonchev–Trinajstić information content (AvgIpc) is 2.45. The Labute approximate surface area is 118 Å². The number of halogens is 1. The van der Waals surface area contributed by atoms with E-state index in [1.54, 1.807) is 30.3 Å². The van der Waals surface area contributed by atoms with Crippen LogP contribution in [-0.4, -0.2) is 24.6 Å². The molecule has 106 valence electrons. The molecular weight excluding hydrogens is 255 g/mol. The Morgan fingerprint density at radius 1 is 1.40 bits per heavy atom. The summed E-state index contributed by atoms with van der Waals surface area (Å²) in [5, 5.41) is 5.56. The molecule has 2 N–H and O–H groups in total. The van der Waals surface area contributed by atoms with Gasteiger partial charge in [0, 0.05) is 13.8 Å². The maximum Gasteiger partial charge on any atom is 0.123 e. The van der Waals surface area contributed by atoms with Gasteiger partial charge < -0.3 is 5.73 Å². The number of hydrogen-bond acceptors (Lipinski definition) is 3. The number of aliphatic imine (C=N–C) groups is 1. The first-order chi connectivity index (χ1) is 9.47. The first kappa shape index (κ1) is 15.6. The molecule has 0 aliphatic heterocycles. The molecule has 0 unspecified atom stereocenters. The van der Waals surface area contributed by atoms with Crippen LogP contribution in [0.25, 0.3) is 0 Å². The third kappa shape index (κ3) is 4.35. The summed E-state index contributed by atoms with van der Waals surface area (Å²) in [7, 11) is 1.61. The molecule has 1 rings (SSSR count). The summed E-state index contributed by atoms with van der Waals surface area (Å²) in [6.07, 6.45) is 1.71. The second kappa shape index (κ2) is 7.23. The van der Waals surface area contributed by atoms with Gasteiger partial charge in [-0.15, -0.1) is 0 Å². The summed E-state index contributed by atoms with van der Waals surface area (Å²) in [4.78, 5) is 3.86. The predicted molar refractivity (Wildman–Crippen MR) is 81.9 cm³/mol. The third-order valence-corrected chi connectivity index (χ3v) is 2.81. The molecule has 20 heavy (non-hydrogen) atoms. The van der Waals surface area contributed by atoms with Crippen LogP contribution in [0.3, 0.4) is 0 Å². The minimum atomic E-state index is -0.270. The largest absolute Gasteiger partial charge is 0.384 e. The van der Waals surface area contributed by atoms with Crippen LogP contribution in [0.2, 0.25) is 0 Å². The molecule has 0 fully saturated rings. The van der Waals surface area contributed by atoms with Crippen LogP contribution in [0.15, 0.2) is 58.3 Å². The van der Waals surface area contributed by atoms with E-state index in [0.29, 0.717) is 18.1 Å². The summed E-state index contributed by atoms with van der Waals surface area (Å²) in [6, 6.07) is 6.21. The quantitative estimate of drug-likeness (QED) is 0.375. The zero-order valence-corrected chi connectivity index (χ0v) is 11.8. The second-order valence-corrected chi connectivity index (χ2v) is 4.25. The van der Waals surface area contributed by atoms with Crippen molar-refractivity contribution in [1.29, 1.82) is 0 Å². The van der Waals surface area contributed by atoms with Gasteiger partial charge in [-0.1, -0.05) is 18.7 Å². The van der Waals surface area contributed by atoms with Crippen molar-refractivity contribution in [1.82, 2.24) is 5.01 Å². The van der Waals surface area contributed by atoms with E-state index < -0.39 is 0 Å². The number of nitrogens with zero attached hydrogens (tertiary/aromatic N) is 3. The van der Waals surface area contributed by atoms with Crippen LogP contribution in [0, 0.1) is 5.82 Å². The Kier molecular flexibility index (Phi) is 5.65. The van der Waals surface area contributed by atoms with Crippen LogP contribution < -0.4 is 5.73 Å². The molecule has 1 aromatic carbocycles. The fourth-order valence-corrected chi connectivity index (χ4v) is 1.57. The minimum absolute atomic E-state index is 0.270. The summed E-state index contributed by atoms with van der Waals surface area (Å²) in [5.41, 5.74) is 8.05. The van der Waals surface area contributed by atoms with Gasteiger partial charge in [-0.3, -0.25) is 10.0 Å². The monoisotopic (exact) mass is 274 g/mol. The van der Waals surface area contributed by atoms with E-state index in [1.165, 1.54) is 12.1 Å². The molecule has 0 amide bonds. The van der Waals surface area contributed by atoms with Gasteiger partial charge >= 0.3 is 0 Å². The molecule has 0 saturated carbocycles. The maximum atomic E-state index is 12.9. The lowest BCUT2D eigenvalue weighted by atomic mass is 10.1. The molecule has 4 nitrogen and oxygen atoms in total. The highest BCUT2D eigenvalue weighted by molar-refractivity contribution is 5.92. The first-order valence-corrected chi connectivity index (χ1v) is 6.06. The van der Waals surface area contributed by atoms with Crippen LogP contribution in [0.1, 0.15) is 12.5 Å². The molecule has 0 aromatic heterocycles. The van der Waals surface area contributed by atoms with Gasteiger partial charge in [0.15, 0.2) is 0 Å². The Morgan fingerprint density at radius 2 is 2.00 bits per heavy atom. The van der Waals surface area contributed by atoms with Gasteiger partial charge in [0.25, 0.3) is 0 Å². The van der Waals surface area contributed by atoms with Crippen molar-refractivity contribution >= 4 is 12.6 Å². The Bertz CT molecular complexity index is 543. The van der Waals surface area contributed by atoms with E-state index in [1.807, 2.05) is 6.92 Å². The number of hydrazone groups is 1. The zero-order valence-electron chi connectivity index (χ0n) is 11.8. The van der Waals surface area contributed by atoms with Crippen molar-refractivity contribution < 1.29 is 4.39 Å². The summed E-state index contributed by atoms with van der Waals surface area (Å²) in [6.45, 7) is 9.82. The molecular formula is C15H19FN4. The van der Waals surface area contributed by atoms with Gasteiger partial charge in [-0.05, 0) is 36.3 Å². The summed E-state index contributed by atoms with van der Waals surface area (Å²) < 4.78 is 12.9. The fraction of sp³-hybridized carbons (Fsp3) is 0.200. The van der Waals surface area contributed by atoms with Gasteiger partial charge in [0.1, 0.15) is 11.7 Å². The molecule has 0 atom stereocenters. The van der Waals surface area contributed by atoms with Crippen molar-refractivity contribution in [2.45, 2.75) is 13.5 Å². The molecule has 0 aliphatic carbocycles. The standard InChI is InChI=1S/C15H19FN4/c1-11(9-15(17)18-3)12(2)20(19-4)10-13-5-7-14(16)8-6-13/h5-9H,2,4,10H2,1,3H3,(H2,17,18)/b11-9+. The van der Waals surface area contributed by atoms with Crippen LogP contribution >= 0.6 is 0 Å². The summed E-state index contributed by atoms with van der Waals surface area (Å²) >= 11 is 0. The van der Waals surface area contributed by atoms with Crippen molar-refractivity contribution in [2.75, 3.05) is 7.05 Å². The number of allylic oxidation sites excluding steroid dienone is 1. The van der Waals surface area contributed by atoms with Crippen molar-refractivity contribution in [3.63, 3.8) is 0 Å². The molecule has 0 heterocycles. The van der Waals surface area contributed by atoms with Crippen LogP contribution in [0.4, 0.5) is 4.39 Å². The van der Waals surface area contributed by atoms with Gasteiger partial charge in [-0.2, -0.15) is 5.10 Å². The van der Waals surface area contributed by atoms with Crippen LogP contribution in [-0.2, 0) is 6.54 Å². The SMILES string of the molecule is C=NN(Cc1ccc(F)cc1)C(=C)/C(C)=C/C(N)=NC. The molecule has 5 heteroatoms.